The van der Waals surface area contributed by atoms with E-state index in [4.69, 9.17) is 4.74 Å². The van der Waals surface area contributed by atoms with Crippen LogP contribution in [0.2, 0.25) is 0 Å². The lowest BCUT2D eigenvalue weighted by atomic mass is 10.2. The predicted molar refractivity (Wildman–Crippen MR) is 114 cm³/mol. The van der Waals surface area contributed by atoms with Gasteiger partial charge in [0.15, 0.2) is 0 Å². The van der Waals surface area contributed by atoms with E-state index in [2.05, 4.69) is 41.9 Å². The smallest absolute Gasteiger partial charge is 0.349 e. The molecule has 0 aliphatic rings. The molecule has 140 valence electrons. The summed E-state index contributed by atoms with van der Waals surface area (Å²) in [7, 11) is 0. The second-order valence-corrected chi connectivity index (χ2v) is 7.70. The van der Waals surface area contributed by atoms with Crippen molar-refractivity contribution in [2.24, 2.45) is 5.10 Å². The highest BCUT2D eigenvalue weighted by Crippen LogP contribution is 2.35. The fraction of sp³-hybridized carbons (Fsp3) is 0.211. The van der Waals surface area contributed by atoms with Crippen LogP contribution in [0.5, 0.6) is 5.75 Å². The number of hydrogen-bond acceptors (Lipinski definition) is 4. The minimum atomic E-state index is -0.593. The Morgan fingerprint density at radius 3 is 2.56 bits per heavy atom. The average molecular weight is 495 g/mol. The van der Waals surface area contributed by atoms with Gasteiger partial charge in [0.1, 0.15) is 5.75 Å². The summed E-state index contributed by atoms with van der Waals surface area (Å²) in [6, 6.07) is 10.4. The summed E-state index contributed by atoms with van der Waals surface area (Å²) in [6.45, 7) is 4.04. The van der Waals surface area contributed by atoms with E-state index in [1.165, 1.54) is 6.21 Å². The van der Waals surface area contributed by atoms with Crippen LogP contribution in [-0.2, 0) is 0 Å². The normalized spacial score (nSPS) is 12.6. The molecule has 0 aliphatic heterocycles. The average Bonchev–Trinajstić information content (AvgIpc) is 2.64. The summed E-state index contributed by atoms with van der Waals surface area (Å²) in [5.74, 6) is 0.696. The molecule has 0 aliphatic carbocycles. The number of ether oxygens (including phenoxy) is 1. The zero-order chi connectivity index (χ0) is 19.6. The Morgan fingerprint density at radius 2 is 1.89 bits per heavy atom. The Kier molecular flexibility index (Phi) is 5.96. The number of nitrogens with one attached hydrogen (secondary N) is 1. The van der Waals surface area contributed by atoms with Crippen LogP contribution < -0.4 is 16.0 Å². The number of halogens is 2. The van der Waals surface area contributed by atoms with Crippen molar-refractivity contribution in [3.05, 3.63) is 71.7 Å². The molecule has 1 heterocycles. The van der Waals surface area contributed by atoms with Crippen molar-refractivity contribution in [2.45, 2.75) is 26.4 Å². The van der Waals surface area contributed by atoms with E-state index in [-0.39, 0.29) is 6.10 Å². The Morgan fingerprint density at radius 1 is 1.22 bits per heavy atom. The predicted octanol–water partition coefficient (Wildman–Crippen LogP) is 4.27. The Hall–Kier alpha value is -2.19. The summed E-state index contributed by atoms with van der Waals surface area (Å²) in [5, 5.41) is 4.46. The summed E-state index contributed by atoms with van der Waals surface area (Å²) >= 11 is 6.98. The van der Waals surface area contributed by atoms with Gasteiger partial charge in [-0.3, -0.25) is 4.79 Å². The van der Waals surface area contributed by atoms with Crippen molar-refractivity contribution in [3.63, 3.8) is 0 Å². The molecule has 0 saturated carbocycles. The van der Waals surface area contributed by atoms with Gasteiger partial charge in [0.2, 0.25) is 0 Å². The number of para-hydroxylation sites is 1. The second-order valence-electron chi connectivity index (χ2n) is 5.99. The standard InChI is InChI=1S/C19H17Br2N3O3/c1-3-11(2)27-17-14(20)8-12(9-15(17)21)10-22-24-18(25)13-6-4-5-7-16(13)23-19(24)26/h4-11H,3H2,1-2H3,(H,23,26). The molecule has 2 aromatic carbocycles. The Labute approximate surface area is 172 Å². The molecule has 0 amide bonds. The number of hydrogen-bond donors (Lipinski definition) is 1. The van der Waals surface area contributed by atoms with E-state index >= 15 is 0 Å². The lowest BCUT2D eigenvalue weighted by molar-refractivity contribution is 0.214. The van der Waals surface area contributed by atoms with Crippen molar-refractivity contribution < 1.29 is 4.74 Å². The van der Waals surface area contributed by atoms with Crippen molar-refractivity contribution in [1.29, 1.82) is 0 Å². The van der Waals surface area contributed by atoms with Gasteiger partial charge < -0.3 is 9.72 Å². The quantitative estimate of drug-likeness (QED) is 0.538. The van der Waals surface area contributed by atoms with Gasteiger partial charge in [-0.05, 0) is 75.0 Å². The van der Waals surface area contributed by atoms with Crippen molar-refractivity contribution >= 4 is 49.0 Å². The first kappa shape index (κ1) is 19.6. The monoisotopic (exact) mass is 493 g/mol. The molecule has 0 fully saturated rings. The number of rotatable bonds is 5. The van der Waals surface area contributed by atoms with E-state index in [1.807, 2.05) is 26.0 Å². The molecule has 3 aromatic rings. The molecule has 27 heavy (non-hydrogen) atoms. The van der Waals surface area contributed by atoms with E-state index in [0.717, 1.165) is 20.0 Å². The molecule has 8 heteroatoms. The number of aromatic amines is 1. The molecule has 1 N–H and O–H groups in total. The molecule has 3 rings (SSSR count). The maximum Gasteiger partial charge on any atom is 0.349 e. The molecule has 0 bridgehead atoms. The third kappa shape index (κ3) is 4.22. The molecule has 0 spiro atoms. The van der Waals surface area contributed by atoms with E-state index in [9.17, 15) is 9.59 Å². The maximum atomic E-state index is 12.5. The first-order valence-corrected chi connectivity index (χ1v) is 9.93. The zero-order valence-corrected chi connectivity index (χ0v) is 17.9. The number of nitrogens with zero attached hydrogens (tertiary/aromatic N) is 2. The first-order chi connectivity index (χ1) is 12.9. The third-order valence-corrected chi connectivity index (χ3v) is 5.20. The largest absolute Gasteiger partial charge is 0.488 e. The lowest BCUT2D eigenvalue weighted by Crippen LogP contribution is -2.32. The van der Waals surface area contributed by atoms with Crippen LogP contribution in [0.25, 0.3) is 10.9 Å². The summed E-state index contributed by atoms with van der Waals surface area (Å²) < 4.78 is 8.19. The van der Waals surface area contributed by atoms with Crippen LogP contribution >= 0.6 is 31.9 Å². The molecule has 0 radical (unpaired) electrons. The van der Waals surface area contributed by atoms with Gasteiger partial charge in [-0.25, -0.2) is 4.79 Å². The van der Waals surface area contributed by atoms with Crippen LogP contribution in [0.15, 0.2) is 60.0 Å². The van der Waals surface area contributed by atoms with Crippen LogP contribution in [0.4, 0.5) is 0 Å². The Balaban J connectivity index is 1.99. The Bertz CT molecular complexity index is 1110. The van der Waals surface area contributed by atoms with Gasteiger partial charge in [-0.15, -0.1) is 4.68 Å². The van der Waals surface area contributed by atoms with Crippen molar-refractivity contribution in [1.82, 2.24) is 9.66 Å². The van der Waals surface area contributed by atoms with Gasteiger partial charge in [0.25, 0.3) is 5.56 Å². The van der Waals surface area contributed by atoms with Crippen molar-refractivity contribution in [2.75, 3.05) is 0 Å². The molecular weight excluding hydrogens is 478 g/mol. The van der Waals surface area contributed by atoms with Gasteiger partial charge >= 0.3 is 5.69 Å². The summed E-state index contributed by atoms with van der Waals surface area (Å²) in [4.78, 5) is 27.3. The van der Waals surface area contributed by atoms with Gasteiger partial charge in [0.05, 0.1) is 32.2 Å². The topological polar surface area (TPSA) is 76.5 Å². The van der Waals surface area contributed by atoms with Crippen LogP contribution in [-0.4, -0.2) is 22.0 Å². The van der Waals surface area contributed by atoms with Crippen LogP contribution in [0, 0.1) is 0 Å². The highest BCUT2D eigenvalue weighted by molar-refractivity contribution is 9.11. The summed E-state index contributed by atoms with van der Waals surface area (Å²) in [6.07, 6.45) is 2.41. The fourth-order valence-electron chi connectivity index (χ4n) is 2.43. The lowest BCUT2D eigenvalue weighted by Gasteiger charge is -2.16. The van der Waals surface area contributed by atoms with Gasteiger partial charge in [0, 0.05) is 0 Å². The number of aromatic nitrogens is 2. The maximum absolute atomic E-state index is 12.5. The fourth-order valence-corrected chi connectivity index (χ4v) is 3.84. The first-order valence-electron chi connectivity index (χ1n) is 8.34. The van der Waals surface area contributed by atoms with E-state index in [0.29, 0.717) is 22.2 Å². The zero-order valence-electron chi connectivity index (χ0n) is 14.7. The molecule has 1 aromatic heterocycles. The molecule has 1 atom stereocenters. The number of benzene rings is 2. The van der Waals surface area contributed by atoms with E-state index in [1.54, 1.807) is 24.3 Å². The molecular formula is C19H17Br2N3O3. The number of H-pyrrole nitrogens is 1. The third-order valence-electron chi connectivity index (χ3n) is 4.02. The summed E-state index contributed by atoms with van der Waals surface area (Å²) in [5.41, 5.74) is 0.117. The molecule has 0 saturated heterocycles. The van der Waals surface area contributed by atoms with E-state index < -0.39 is 11.2 Å². The highest BCUT2D eigenvalue weighted by Gasteiger charge is 2.12. The number of fused-ring (bicyclic) bond motifs is 1. The minimum Gasteiger partial charge on any atom is -0.488 e. The second kappa shape index (κ2) is 8.22. The van der Waals surface area contributed by atoms with Gasteiger partial charge in [-0.2, -0.15) is 5.10 Å². The highest BCUT2D eigenvalue weighted by atomic mass is 79.9. The molecule has 1 unspecified atom stereocenters. The van der Waals surface area contributed by atoms with Crippen molar-refractivity contribution in [3.8, 4) is 5.75 Å². The van der Waals surface area contributed by atoms with Gasteiger partial charge in [-0.1, -0.05) is 19.1 Å². The van der Waals surface area contributed by atoms with Crippen LogP contribution in [0.3, 0.4) is 0 Å². The molecule has 6 nitrogen and oxygen atoms in total. The minimum absolute atomic E-state index is 0.0758. The van der Waals surface area contributed by atoms with Crippen LogP contribution in [0.1, 0.15) is 25.8 Å². The SMILES string of the molecule is CCC(C)Oc1c(Br)cc(C=Nn2c(=O)[nH]c3ccccc3c2=O)cc1Br.